The summed E-state index contributed by atoms with van der Waals surface area (Å²) >= 11 is 0. The first-order chi connectivity index (χ1) is 10.8. The van der Waals surface area contributed by atoms with Gasteiger partial charge in [0.25, 0.3) is 0 Å². The van der Waals surface area contributed by atoms with Crippen LogP contribution in [0.1, 0.15) is 54.5 Å². The average molecular weight is 293 g/mol. The molecule has 22 heavy (non-hydrogen) atoms. The van der Waals surface area contributed by atoms with Crippen LogP contribution in [0, 0.1) is 11.3 Å². The minimum atomic E-state index is 0.283. The number of aromatic nitrogens is 3. The first-order valence-corrected chi connectivity index (χ1v) is 8.05. The lowest BCUT2D eigenvalue weighted by atomic mass is 10.0. The maximum absolute atomic E-state index is 8.90. The number of hydrogen-bond acceptors (Lipinski definition) is 4. The number of hydrogen-bond donors (Lipinski definition) is 1. The van der Waals surface area contributed by atoms with Crippen LogP contribution in [0.3, 0.4) is 0 Å². The molecule has 1 N–H and O–H groups in total. The van der Waals surface area contributed by atoms with E-state index in [-0.39, 0.29) is 6.04 Å². The number of aryl methyl sites for hydroxylation is 2. The van der Waals surface area contributed by atoms with Gasteiger partial charge in [-0.2, -0.15) is 5.26 Å². The predicted molar refractivity (Wildman–Crippen MR) is 83.5 cm³/mol. The van der Waals surface area contributed by atoms with Gasteiger partial charge in [0, 0.05) is 18.4 Å². The lowest BCUT2D eigenvalue weighted by Gasteiger charge is -2.24. The Labute approximate surface area is 130 Å². The number of fused-ring (bicyclic) bond motifs is 1. The number of nitrogens with zero attached hydrogens (tertiary/aromatic N) is 4. The Morgan fingerprint density at radius 1 is 1.23 bits per heavy atom. The van der Waals surface area contributed by atoms with Crippen LogP contribution in [0.2, 0.25) is 0 Å². The second-order valence-corrected chi connectivity index (χ2v) is 6.12. The molecular formula is C17H19N5. The van der Waals surface area contributed by atoms with Crippen LogP contribution >= 0.6 is 0 Å². The molecule has 1 unspecified atom stereocenters. The van der Waals surface area contributed by atoms with Gasteiger partial charge >= 0.3 is 0 Å². The Hall–Kier alpha value is -2.35. The summed E-state index contributed by atoms with van der Waals surface area (Å²) in [6, 6.07) is 6.19. The molecule has 0 saturated carbocycles. The number of anilines is 1. The monoisotopic (exact) mass is 293 g/mol. The summed E-state index contributed by atoms with van der Waals surface area (Å²) in [5.41, 5.74) is 3.20. The molecule has 3 heterocycles. The molecule has 4 rings (SSSR count). The molecule has 0 bridgehead atoms. The molecule has 0 radical (unpaired) electrons. The molecule has 0 aromatic carbocycles. The summed E-state index contributed by atoms with van der Waals surface area (Å²) in [4.78, 5) is 15.2. The minimum absolute atomic E-state index is 0.283. The largest absolute Gasteiger partial charge is 0.346 e. The zero-order chi connectivity index (χ0) is 14.9. The van der Waals surface area contributed by atoms with Crippen LogP contribution in [0.4, 0.5) is 5.82 Å². The van der Waals surface area contributed by atoms with Crippen molar-refractivity contribution in [2.75, 3.05) is 11.4 Å². The standard InChI is InChI=1S/C17H19N5/c18-10-12-7-8-16(19-11-12)22-9-3-6-15(22)17-20-13-4-1-2-5-14(13)21-17/h7-8,11,15H,1-6,9H2,(H,20,21). The maximum atomic E-state index is 8.90. The summed E-state index contributed by atoms with van der Waals surface area (Å²) in [6.45, 7) is 0.995. The van der Waals surface area contributed by atoms with E-state index in [2.05, 4.69) is 20.9 Å². The number of H-pyrrole nitrogens is 1. The number of aromatic amines is 1. The second-order valence-electron chi connectivity index (χ2n) is 6.12. The molecule has 112 valence electrons. The van der Waals surface area contributed by atoms with Gasteiger partial charge in [0.2, 0.25) is 0 Å². The fourth-order valence-electron chi connectivity index (χ4n) is 3.58. The van der Waals surface area contributed by atoms with E-state index in [1.807, 2.05) is 12.1 Å². The molecule has 1 aliphatic heterocycles. The highest BCUT2D eigenvalue weighted by molar-refractivity contribution is 5.45. The van der Waals surface area contributed by atoms with E-state index in [9.17, 15) is 0 Å². The third-order valence-corrected chi connectivity index (χ3v) is 4.71. The molecule has 5 nitrogen and oxygen atoms in total. The van der Waals surface area contributed by atoms with Crippen LogP contribution in [0.5, 0.6) is 0 Å². The van der Waals surface area contributed by atoms with Crippen molar-refractivity contribution in [3.8, 4) is 6.07 Å². The van der Waals surface area contributed by atoms with Crippen LogP contribution in [-0.4, -0.2) is 21.5 Å². The second kappa shape index (κ2) is 5.45. The van der Waals surface area contributed by atoms with Gasteiger partial charge in [0.15, 0.2) is 0 Å². The predicted octanol–water partition coefficient (Wildman–Crippen LogP) is 2.90. The lowest BCUT2D eigenvalue weighted by molar-refractivity contribution is 0.667. The molecule has 0 spiro atoms. The SMILES string of the molecule is N#Cc1ccc(N2CCCC2c2nc3c([nH]2)CCCC3)nc1. The first-order valence-electron chi connectivity index (χ1n) is 8.05. The highest BCUT2D eigenvalue weighted by atomic mass is 15.2. The van der Waals surface area contributed by atoms with E-state index < -0.39 is 0 Å². The van der Waals surface area contributed by atoms with E-state index in [1.165, 1.54) is 24.2 Å². The fourth-order valence-corrected chi connectivity index (χ4v) is 3.58. The van der Waals surface area contributed by atoms with E-state index in [0.29, 0.717) is 5.56 Å². The number of pyridine rings is 1. The van der Waals surface area contributed by atoms with Gasteiger partial charge in [-0.05, 0) is 50.7 Å². The average Bonchev–Trinajstić information content (AvgIpc) is 3.21. The normalized spacial score (nSPS) is 20.7. The summed E-state index contributed by atoms with van der Waals surface area (Å²) in [6.07, 6.45) is 8.66. The molecule has 2 aliphatic rings. The molecule has 1 fully saturated rings. The minimum Gasteiger partial charge on any atom is -0.346 e. The van der Waals surface area contributed by atoms with Gasteiger partial charge in [-0.15, -0.1) is 0 Å². The topological polar surface area (TPSA) is 68.6 Å². The van der Waals surface area contributed by atoms with Gasteiger partial charge in [-0.25, -0.2) is 9.97 Å². The fraction of sp³-hybridized carbons (Fsp3) is 0.471. The molecule has 1 atom stereocenters. The third kappa shape index (κ3) is 2.25. The molecule has 2 aromatic heterocycles. The van der Waals surface area contributed by atoms with Crippen molar-refractivity contribution in [3.05, 3.63) is 41.1 Å². The van der Waals surface area contributed by atoms with E-state index >= 15 is 0 Å². The van der Waals surface area contributed by atoms with E-state index in [4.69, 9.17) is 10.2 Å². The summed E-state index contributed by atoms with van der Waals surface area (Å²) in [5.74, 6) is 2.03. The summed E-state index contributed by atoms with van der Waals surface area (Å²) in [5, 5.41) is 8.90. The highest BCUT2D eigenvalue weighted by Gasteiger charge is 2.30. The van der Waals surface area contributed by atoms with Crippen molar-refractivity contribution in [2.24, 2.45) is 0 Å². The van der Waals surface area contributed by atoms with Gasteiger partial charge in [-0.1, -0.05) is 0 Å². The maximum Gasteiger partial charge on any atom is 0.129 e. The number of nitrogens with one attached hydrogen (secondary N) is 1. The van der Waals surface area contributed by atoms with Crippen LogP contribution in [-0.2, 0) is 12.8 Å². The summed E-state index contributed by atoms with van der Waals surface area (Å²) in [7, 11) is 0. The van der Waals surface area contributed by atoms with Crippen molar-refractivity contribution in [1.82, 2.24) is 15.0 Å². The Morgan fingerprint density at radius 3 is 2.91 bits per heavy atom. The summed E-state index contributed by atoms with van der Waals surface area (Å²) < 4.78 is 0. The molecular weight excluding hydrogens is 274 g/mol. The number of rotatable bonds is 2. The molecule has 0 amide bonds. The van der Waals surface area contributed by atoms with Crippen LogP contribution in [0.15, 0.2) is 18.3 Å². The molecule has 1 saturated heterocycles. The van der Waals surface area contributed by atoms with Gasteiger partial charge in [0.05, 0.1) is 17.3 Å². The Kier molecular flexibility index (Phi) is 3.30. The Bertz CT molecular complexity index is 686. The van der Waals surface area contributed by atoms with E-state index in [0.717, 1.165) is 43.9 Å². The third-order valence-electron chi connectivity index (χ3n) is 4.71. The number of nitriles is 1. The number of imidazole rings is 1. The van der Waals surface area contributed by atoms with E-state index in [1.54, 1.807) is 6.20 Å². The van der Waals surface area contributed by atoms with Crippen LogP contribution in [0.25, 0.3) is 0 Å². The zero-order valence-electron chi connectivity index (χ0n) is 12.5. The molecule has 2 aromatic rings. The zero-order valence-corrected chi connectivity index (χ0v) is 12.5. The van der Waals surface area contributed by atoms with Crippen molar-refractivity contribution >= 4 is 5.82 Å². The van der Waals surface area contributed by atoms with Crippen molar-refractivity contribution in [3.63, 3.8) is 0 Å². The van der Waals surface area contributed by atoms with Crippen LogP contribution < -0.4 is 4.90 Å². The lowest BCUT2D eigenvalue weighted by Crippen LogP contribution is -2.24. The van der Waals surface area contributed by atoms with Crippen molar-refractivity contribution in [1.29, 1.82) is 5.26 Å². The highest BCUT2D eigenvalue weighted by Crippen LogP contribution is 2.35. The quantitative estimate of drug-likeness (QED) is 0.924. The smallest absolute Gasteiger partial charge is 0.129 e. The van der Waals surface area contributed by atoms with Crippen molar-refractivity contribution < 1.29 is 0 Å². The Balaban J connectivity index is 1.62. The molecule has 1 aliphatic carbocycles. The Morgan fingerprint density at radius 2 is 2.14 bits per heavy atom. The van der Waals surface area contributed by atoms with Crippen molar-refractivity contribution in [2.45, 2.75) is 44.6 Å². The van der Waals surface area contributed by atoms with Gasteiger partial charge in [0.1, 0.15) is 17.7 Å². The molecule has 5 heteroatoms. The van der Waals surface area contributed by atoms with Gasteiger partial charge in [-0.3, -0.25) is 0 Å². The first kappa shape index (κ1) is 13.3. The van der Waals surface area contributed by atoms with Gasteiger partial charge < -0.3 is 9.88 Å².